The molecule has 2 aromatic carbocycles. The Hall–Kier alpha value is -2.13. The minimum Gasteiger partial charge on any atom is -0.374 e. The molecule has 1 unspecified atom stereocenters. The molecule has 3 heteroatoms. The zero-order valence-corrected chi connectivity index (χ0v) is 11.9. The van der Waals surface area contributed by atoms with Crippen LogP contribution in [0.3, 0.4) is 0 Å². The summed E-state index contributed by atoms with van der Waals surface area (Å²) in [6.07, 6.45) is 1.34. The molecule has 21 heavy (non-hydrogen) atoms. The zero-order chi connectivity index (χ0) is 14.5. The lowest BCUT2D eigenvalue weighted by atomic mass is 9.89. The van der Waals surface area contributed by atoms with Gasteiger partial charge in [-0.15, -0.1) is 0 Å². The average Bonchev–Trinajstić information content (AvgIpc) is 2.92. The lowest BCUT2D eigenvalue weighted by Gasteiger charge is -2.29. The summed E-state index contributed by atoms with van der Waals surface area (Å²) in [6.45, 7) is 1.06. The quantitative estimate of drug-likeness (QED) is 0.915. The number of rotatable bonds is 5. The summed E-state index contributed by atoms with van der Waals surface area (Å²) in [5.74, 6) is 0.0992. The number of hydrogen-bond acceptors (Lipinski definition) is 2. The molecule has 1 aliphatic rings. The largest absolute Gasteiger partial charge is 0.374 e. The molecule has 1 aliphatic heterocycles. The van der Waals surface area contributed by atoms with E-state index in [-0.39, 0.29) is 11.4 Å². The normalized spacial score (nSPS) is 21.2. The smallest absolute Gasteiger partial charge is 0.220 e. The number of hydrogen-bond donors (Lipinski definition) is 1. The van der Waals surface area contributed by atoms with E-state index >= 15 is 0 Å². The highest BCUT2D eigenvalue weighted by Gasteiger charge is 2.39. The minimum atomic E-state index is -0.382. The van der Waals surface area contributed by atoms with Gasteiger partial charge in [0.05, 0.1) is 18.8 Å². The molecule has 1 N–H and O–H groups in total. The molecule has 2 aromatic rings. The van der Waals surface area contributed by atoms with Gasteiger partial charge in [0.25, 0.3) is 0 Å². The van der Waals surface area contributed by atoms with Gasteiger partial charge < -0.3 is 10.1 Å². The van der Waals surface area contributed by atoms with Crippen molar-refractivity contribution in [3.8, 4) is 0 Å². The second-order valence-corrected chi connectivity index (χ2v) is 5.47. The van der Waals surface area contributed by atoms with Gasteiger partial charge in [-0.2, -0.15) is 0 Å². The number of amides is 1. The lowest BCUT2D eigenvalue weighted by Crippen LogP contribution is -2.42. The second-order valence-electron chi connectivity index (χ2n) is 5.47. The van der Waals surface area contributed by atoms with Crippen LogP contribution in [0.4, 0.5) is 0 Å². The van der Waals surface area contributed by atoms with E-state index in [1.165, 1.54) is 0 Å². The van der Waals surface area contributed by atoms with Gasteiger partial charge in [-0.1, -0.05) is 60.7 Å². The summed E-state index contributed by atoms with van der Waals surface area (Å²) >= 11 is 0. The summed E-state index contributed by atoms with van der Waals surface area (Å²) in [5, 5.41) is 3.11. The molecule has 0 bridgehead atoms. The van der Waals surface area contributed by atoms with Gasteiger partial charge in [0, 0.05) is 6.42 Å². The number of ether oxygens (including phenoxy) is 1. The van der Waals surface area contributed by atoms with E-state index in [0.717, 1.165) is 17.5 Å². The van der Waals surface area contributed by atoms with Crippen LogP contribution in [0.15, 0.2) is 60.7 Å². The molecule has 3 nitrogen and oxygen atoms in total. The van der Waals surface area contributed by atoms with Crippen LogP contribution in [-0.2, 0) is 21.7 Å². The maximum absolute atomic E-state index is 11.7. The third-order valence-corrected chi connectivity index (χ3v) is 3.94. The SMILES string of the molecule is O=C1CCC(COCc2ccccc2)(c2ccccc2)N1. The van der Waals surface area contributed by atoms with E-state index in [1.807, 2.05) is 48.5 Å². The Labute approximate surface area is 124 Å². The molecule has 0 spiro atoms. The maximum atomic E-state index is 11.7. The van der Waals surface area contributed by atoms with Crippen LogP contribution in [0, 0.1) is 0 Å². The van der Waals surface area contributed by atoms with Crippen molar-refractivity contribution in [3.05, 3.63) is 71.8 Å². The molecule has 0 aromatic heterocycles. The van der Waals surface area contributed by atoms with Gasteiger partial charge in [-0.25, -0.2) is 0 Å². The molecule has 3 rings (SSSR count). The molecule has 1 amide bonds. The van der Waals surface area contributed by atoms with Gasteiger partial charge in [0.15, 0.2) is 0 Å². The van der Waals surface area contributed by atoms with Crippen LogP contribution < -0.4 is 5.32 Å². The van der Waals surface area contributed by atoms with Crippen LogP contribution in [0.5, 0.6) is 0 Å². The van der Waals surface area contributed by atoms with Crippen LogP contribution >= 0.6 is 0 Å². The van der Waals surface area contributed by atoms with Gasteiger partial charge >= 0.3 is 0 Å². The van der Waals surface area contributed by atoms with Crippen LogP contribution in [0.1, 0.15) is 24.0 Å². The highest BCUT2D eigenvalue weighted by atomic mass is 16.5. The fourth-order valence-electron chi connectivity index (χ4n) is 2.80. The monoisotopic (exact) mass is 281 g/mol. The van der Waals surface area contributed by atoms with E-state index in [4.69, 9.17) is 4.74 Å². The van der Waals surface area contributed by atoms with E-state index in [0.29, 0.717) is 19.6 Å². The van der Waals surface area contributed by atoms with Gasteiger partial charge in [-0.3, -0.25) is 4.79 Å². The standard InChI is InChI=1S/C18H19NO2/c20-17-11-12-18(19-17,16-9-5-2-6-10-16)14-21-13-15-7-3-1-4-8-15/h1-10H,11-14H2,(H,19,20). The number of nitrogens with one attached hydrogen (secondary N) is 1. The Kier molecular flexibility index (Phi) is 4.02. The zero-order valence-electron chi connectivity index (χ0n) is 11.9. The molecular weight excluding hydrogens is 262 g/mol. The molecule has 1 atom stereocenters. The number of carbonyl (C=O) groups is 1. The number of benzene rings is 2. The summed E-state index contributed by atoms with van der Waals surface area (Å²) < 4.78 is 5.90. The molecule has 1 saturated heterocycles. The highest BCUT2D eigenvalue weighted by molar-refractivity contribution is 5.79. The first-order chi connectivity index (χ1) is 10.3. The molecule has 0 saturated carbocycles. The topological polar surface area (TPSA) is 38.3 Å². The predicted molar refractivity (Wildman–Crippen MR) is 81.6 cm³/mol. The Morgan fingerprint density at radius 2 is 1.67 bits per heavy atom. The van der Waals surface area contributed by atoms with E-state index in [1.54, 1.807) is 0 Å². The molecule has 1 heterocycles. The van der Waals surface area contributed by atoms with Crippen molar-refractivity contribution in [1.82, 2.24) is 5.32 Å². The summed E-state index contributed by atoms with van der Waals surface area (Å²) in [6, 6.07) is 20.2. The van der Waals surface area contributed by atoms with E-state index in [9.17, 15) is 4.79 Å². The first-order valence-electron chi connectivity index (χ1n) is 7.27. The fourth-order valence-corrected chi connectivity index (χ4v) is 2.80. The highest BCUT2D eigenvalue weighted by Crippen LogP contribution is 2.32. The summed E-state index contributed by atoms with van der Waals surface area (Å²) in [7, 11) is 0. The molecule has 1 fully saturated rings. The first-order valence-corrected chi connectivity index (χ1v) is 7.27. The van der Waals surface area contributed by atoms with Crippen molar-refractivity contribution in [1.29, 1.82) is 0 Å². The average molecular weight is 281 g/mol. The van der Waals surface area contributed by atoms with Crippen molar-refractivity contribution in [2.75, 3.05) is 6.61 Å². The van der Waals surface area contributed by atoms with Crippen molar-refractivity contribution in [2.24, 2.45) is 0 Å². The van der Waals surface area contributed by atoms with Gasteiger partial charge in [0.1, 0.15) is 0 Å². The van der Waals surface area contributed by atoms with Crippen LogP contribution in [0.25, 0.3) is 0 Å². The third kappa shape index (κ3) is 3.14. The number of carbonyl (C=O) groups excluding carboxylic acids is 1. The molecule has 0 radical (unpaired) electrons. The Morgan fingerprint density at radius 1 is 1.00 bits per heavy atom. The molecule has 108 valence electrons. The molecule has 0 aliphatic carbocycles. The van der Waals surface area contributed by atoms with Gasteiger partial charge in [-0.05, 0) is 17.5 Å². The second kappa shape index (κ2) is 6.10. The summed E-state index contributed by atoms with van der Waals surface area (Å²) in [4.78, 5) is 11.7. The Bertz CT molecular complexity index is 597. The third-order valence-electron chi connectivity index (χ3n) is 3.94. The Morgan fingerprint density at radius 3 is 2.29 bits per heavy atom. The van der Waals surface area contributed by atoms with Crippen molar-refractivity contribution in [2.45, 2.75) is 25.0 Å². The van der Waals surface area contributed by atoms with Crippen LogP contribution in [0.2, 0.25) is 0 Å². The Balaban J connectivity index is 1.71. The molecular formula is C18H19NO2. The van der Waals surface area contributed by atoms with Crippen molar-refractivity contribution in [3.63, 3.8) is 0 Å². The maximum Gasteiger partial charge on any atom is 0.220 e. The predicted octanol–water partition coefficient (Wildman–Crippen LogP) is 3.01. The first kappa shape index (κ1) is 13.8. The van der Waals surface area contributed by atoms with Crippen LogP contribution in [-0.4, -0.2) is 12.5 Å². The fraction of sp³-hybridized carbons (Fsp3) is 0.278. The minimum absolute atomic E-state index is 0.0992. The van der Waals surface area contributed by atoms with Crippen molar-refractivity contribution >= 4 is 5.91 Å². The van der Waals surface area contributed by atoms with Gasteiger partial charge in [0.2, 0.25) is 5.91 Å². The van der Waals surface area contributed by atoms with E-state index in [2.05, 4.69) is 17.4 Å². The lowest BCUT2D eigenvalue weighted by molar-refractivity contribution is -0.120. The summed E-state index contributed by atoms with van der Waals surface area (Å²) in [5.41, 5.74) is 1.88. The van der Waals surface area contributed by atoms with Crippen molar-refractivity contribution < 1.29 is 9.53 Å². The van der Waals surface area contributed by atoms with E-state index < -0.39 is 0 Å².